The lowest BCUT2D eigenvalue weighted by molar-refractivity contribution is -0.357. The van der Waals surface area contributed by atoms with Gasteiger partial charge < -0.3 is 30.3 Å². The molecule has 2 aromatic rings. The smallest absolute Gasteiger partial charge is 0.222 e. The molecule has 0 aliphatic carbocycles. The van der Waals surface area contributed by atoms with Crippen molar-refractivity contribution in [3.63, 3.8) is 0 Å². The number of aliphatic hydroxyl groups is 5. The van der Waals surface area contributed by atoms with Crippen LogP contribution in [-0.4, -0.2) is 56.6 Å². The van der Waals surface area contributed by atoms with E-state index in [-0.39, 0.29) is 5.56 Å². The van der Waals surface area contributed by atoms with Gasteiger partial charge in [-0.2, -0.15) is 5.26 Å². The van der Waals surface area contributed by atoms with Gasteiger partial charge in [-0.1, -0.05) is 31.2 Å². The second-order valence-electron chi connectivity index (χ2n) is 7.75. The van der Waals surface area contributed by atoms with Crippen LogP contribution < -0.4 is 0 Å². The first-order valence-electron chi connectivity index (χ1n) is 9.92. The number of nitriles is 1. The van der Waals surface area contributed by atoms with Crippen molar-refractivity contribution in [3.8, 4) is 6.07 Å². The highest BCUT2D eigenvalue weighted by Crippen LogP contribution is 2.38. The van der Waals surface area contributed by atoms with E-state index in [4.69, 9.17) is 4.74 Å². The van der Waals surface area contributed by atoms with Crippen LogP contribution in [0.25, 0.3) is 0 Å². The third-order valence-electron chi connectivity index (χ3n) is 5.73. The van der Waals surface area contributed by atoms with Crippen LogP contribution in [-0.2, 0) is 23.4 Å². The molecule has 160 valence electrons. The van der Waals surface area contributed by atoms with E-state index in [2.05, 4.69) is 13.0 Å². The Morgan fingerprint density at radius 1 is 1.07 bits per heavy atom. The Hall–Kier alpha value is -2.31. The van der Waals surface area contributed by atoms with Gasteiger partial charge in [0.05, 0.1) is 18.2 Å². The standard InChI is InChI=1S/C23H27NO6/c1-3-14-4-6-15(7-5-14)9-16-10-17(8-13(2)18(16)11-24)23(29)22(28)21(27)20(26)19(12-25)30-23/h4-8,10,19-22,25-29H,3,9,12H2,1-2H3/t19-,20-,21+,22-,23+/m1/s1. The molecule has 0 spiro atoms. The van der Waals surface area contributed by atoms with E-state index in [1.165, 1.54) is 11.6 Å². The molecule has 0 amide bonds. The number of aryl methyl sites for hydroxylation is 2. The number of hydrogen-bond donors (Lipinski definition) is 5. The van der Waals surface area contributed by atoms with Gasteiger partial charge in [0.15, 0.2) is 0 Å². The number of ether oxygens (including phenoxy) is 1. The molecule has 0 unspecified atom stereocenters. The Kier molecular flexibility index (Phi) is 6.58. The maximum Gasteiger partial charge on any atom is 0.222 e. The minimum absolute atomic E-state index is 0.135. The largest absolute Gasteiger partial charge is 0.394 e. The number of hydrogen-bond acceptors (Lipinski definition) is 7. The van der Waals surface area contributed by atoms with Gasteiger partial charge in [-0.15, -0.1) is 0 Å². The average Bonchev–Trinajstić information content (AvgIpc) is 2.75. The first kappa shape index (κ1) is 22.4. The van der Waals surface area contributed by atoms with Gasteiger partial charge in [-0.05, 0) is 54.2 Å². The Balaban J connectivity index is 2.04. The highest BCUT2D eigenvalue weighted by atomic mass is 16.7. The van der Waals surface area contributed by atoms with Crippen molar-refractivity contribution in [1.82, 2.24) is 0 Å². The van der Waals surface area contributed by atoms with Gasteiger partial charge in [0, 0.05) is 5.56 Å². The molecular weight excluding hydrogens is 386 g/mol. The van der Waals surface area contributed by atoms with Crippen LogP contribution in [0.15, 0.2) is 36.4 Å². The van der Waals surface area contributed by atoms with Gasteiger partial charge in [0.25, 0.3) is 0 Å². The zero-order chi connectivity index (χ0) is 22.1. The molecule has 7 nitrogen and oxygen atoms in total. The molecule has 1 aliphatic heterocycles. The highest BCUT2D eigenvalue weighted by Gasteiger charge is 2.53. The minimum Gasteiger partial charge on any atom is -0.394 e. The molecule has 0 bridgehead atoms. The molecule has 7 heteroatoms. The fourth-order valence-corrected chi connectivity index (χ4v) is 3.87. The predicted octanol–water partition coefficient (Wildman–Crippen LogP) is 0.639. The van der Waals surface area contributed by atoms with Crippen molar-refractivity contribution < 1.29 is 30.3 Å². The van der Waals surface area contributed by atoms with Crippen molar-refractivity contribution in [1.29, 1.82) is 5.26 Å². The van der Waals surface area contributed by atoms with Crippen molar-refractivity contribution in [2.24, 2.45) is 0 Å². The molecule has 1 heterocycles. The van der Waals surface area contributed by atoms with E-state index in [0.717, 1.165) is 12.0 Å². The van der Waals surface area contributed by atoms with Gasteiger partial charge in [0.1, 0.15) is 24.4 Å². The molecular formula is C23H27NO6. The molecule has 1 aliphatic rings. The summed E-state index contributed by atoms with van der Waals surface area (Å²) in [5.74, 6) is -2.36. The lowest BCUT2D eigenvalue weighted by atomic mass is 9.85. The van der Waals surface area contributed by atoms with E-state index >= 15 is 0 Å². The summed E-state index contributed by atoms with van der Waals surface area (Å²) < 4.78 is 5.43. The molecule has 2 aromatic carbocycles. The first-order valence-corrected chi connectivity index (χ1v) is 9.92. The Bertz CT molecular complexity index is 936. The molecule has 0 saturated carbocycles. The van der Waals surface area contributed by atoms with Gasteiger partial charge in [-0.25, -0.2) is 0 Å². The fourth-order valence-electron chi connectivity index (χ4n) is 3.87. The fraction of sp³-hybridized carbons (Fsp3) is 0.435. The van der Waals surface area contributed by atoms with Crippen molar-refractivity contribution in [2.45, 2.75) is 56.9 Å². The van der Waals surface area contributed by atoms with E-state index < -0.39 is 36.8 Å². The van der Waals surface area contributed by atoms with Gasteiger partial charge >= 0.3 is 0 Å². The van der Waals surface area contributed by atoms with Gasteiger partial charge in [-0.3, -0.25) is 0 Å². The Labute approximate surface area is 175 Å². The van der Waals surface area contributed by atoms with Crippen LogP contribution in [0.1, 0.15) is 40.3 Å². The van der Waals surface area contributed by atoms with E-state index in [0.29, 0.717) is 23.1 Å². The van der Waals surface area contributed by atoms with Gasteiger partial charge in [0.2, 0.25) is 5.79 Å². The van der Waals surface area contributed by atoms with E-state index in [1.54, 1.807) is 13.0 Å². The van der Waals surface area contributed by atoms with Crippen molar-refractivity contribution in [3.05, 3.63) is 69.8 Å². The minimum atomic E-state index is -2.36. The van der Waals surface area contributed by atoms with Crippen LogP contribution in [0.5, 0.6) is 0 Å². The number of benzene rings is 2. The zero-order valence-corrected chi connectivity index (χ0v) is 17.0. The maximum absolute atomic E-state index is 11.1. The Morgan fingerprint density at radius 2 is 1.70 bits per heavy atom. The van der Waals surface area contributed by atoms with E-state index in [1.807, 2.05) is 24.3 Å². The van der Waals surface area contributed by atoms with Crippen LogP contribution in [0.4, 0.5) is 0 Å². The molecule has 0 radical (unpaired) electrons. The highest BCUT2D eigenvalue weighted by molar-refractivity contribution is 5.49. The van der Waals surface area contributed by atoms with E-state index in [9.17, 15) is 30.8 Å². The monoisotopic (exact) mass is 413 g/mol. The third kappa shape index (κ3) is 3.98. The SMILES string of the molecule is CCc1ccc(Cc2cc([C@]3(O)O[C@H](CO)[C@@H](O)[C@H](O)[C@H]3O)cc(C)c2C#N)cc1. The quantitative estimate of drug-likeness (QED) is 0.486. The van der Waals surface area contributed by atoms with Crippen LogP contribution in [0.2, 0.25) is 0 Å². The first-order chi connectivity index (χ1) is 14.2. The lowest BCUT2D eigenvalue weighted by Gasteiger charge is -2.45. The van der Waals surface area contributed by atoms with Crippen LogP contribution in [0, 0.1) is 18.3 Å². The number of rotatable bonds is 5. The lowest BCUT2D eigenvalue weighted by Crippen LogP contribution is -2.63. The predicted molar refractivity (Wildman–Crippen MR) is 108 cm³/mol. The Morgan fingerprint density at radius 3 is 2.27 bits per heavy atom. The summed E-state index contributed by atoms with van der Waals surface area (Å²) in [6.45, 7) is 3.12. The summed E-state index contributed by atoms with van der Waals surface area (Å²) in [6.07, 6.45) is -5.07. The average molecular weight is 413 g/mol. The molecule has 3 rings (SSSR count). The van der Waals surface area contributed by atoms with Crippen molar-refractivity contribution >= 4 is 0 Å². The topological polar surface area (TPSA) is 134 Å². The molecule has 30 heavy (non-hydrogen) atoms. The summed E-state index contributed by atoms with van der Waals surface area (Å²) >= 11 is 0. The molecule has 5 N–H and O–H groups in total. The maximum atomic E-state index is 11.1. The summed E-state index contributed by atoms with van der Waals surface area (Å²) in [5, 5.41) is 60.8. The number of aliphatic hydroxyl groups excluding tert-OH is 4. The number of nitrogens with zero attached hydrogens (tertiary/aromatic N) is 1. The summed E-state index contributed by atoms with van der Waals surface area (Å²) in [4.78, 5) is 0. The normalized spacial score (nSPS) is 28.9. The molecule has 5 atom stereocenters. The summed E-state index contributed by atoms with van der Waals surface area (Å²) in [7, 11) is 0. The second kappa shape index (κ2) is 8.82. The second-order valence-corrected chi connectivity index (χ2v) is 7.75. The molecule has 0 aromatic heterocycles. The summed E-state index contributed by atoms with van der Waals surface area (Å²) in [5.41, 5.74) is 3.95. The molecule has 1 saturated heterocycles. The zero-order valence-electron chi connectivity index (χ0n) is 17.0. The molecule has 1 fully saturated rings. The van der Waals surface area contributed by atoms with Crippen molar-refractivity contribution in [2.75, 3.05) is 6.61 Å². The van der Waals surface area contributed by atoms with Crippen LogP contribution in [0.3, 0.4) is 0 Å². The third-order valence-corrected chi connectivity index (χ3v) is 5.73. The van der Waals surface area contributed by atoms with Crippen LogP contribution >= 0.6 is 0 Å². The summed E-state index contributed by atoms with van der Waals surface area (Å²) in [6, 6.07) is 13.2.